The largest absolute Gasteiger partial charge is 0.462 e. The summed E-state index contributed by atoms with van der Waals surface area (Å²) in [4.78, 5) is 34.4. The number of amides is 2. The van der Waals surface area contributed by atoms with Crippen LogP contribution in [0.25, 0.3) is 0 Å². The van der Waals surface area contributed by atoms with E-state index >= 15 is 0 Å². The second-order valence-corrected chi connectivity index (χ2v) is 5.48. The predicted molar refractivity (Wildman–Crippen MR) is 84.8 cm³/mol. The molecule has 22 heavy (non-hydrogen) atoms. The Morgan fingerprint density at radius 3 is 1.91 bits per heavy atom. The van der Waals surface area contributed by atoms with E-state index in [1.165, 1.54) is 26.0 Å². The fourth-order valence-electron chi connectivity index (χ4n) is 1.77. The number of rotatable bonds is 6. The quantitative estimate of drug-likeness (QED) is 0.791. The van der Waals surface area contributed by atoms with Crippen molar-refractivity contribution in [2.45, 2.75) is 34.1 Å². The van der Waals surface area contributed by atoms with E-state index in [1.54, 1.807) is 6.07 Å². The lowest BCUT2D eigenvalue weighted by Crippen LogP contribution is -2.13. The molecule has 0 aliphatic heterocycles. The van der Waals surface area contributed by atoms with Crippen molar-refractivity contribution in [3.63, 3.8) is 0 Å². The van der Waals surface area contributed by atoms with Crippen LogP contribution in [0.1, 0.15) is 44.5 Å². The van der Waals surface area contributed by atoms with E-state index in [0.29, 0.717) is 23.9 Å². The zero-order valence-electron chi connectivity index (χ0n) is 13.4. The third-order valence-electron chi connectivity index (χ3n) is 2.74. The van der Waals surface area contributed by atoms with Crippen LogP contribution in [-0.4, -0.2) is 24.4 Å². The van der Waals surface area contributed by atoms with Crippen LogP contribution in [0.2, 0.25) is 0 Å². The minimum atomic E-state index is -0.487. The third-order valence-corrected chi connectivity index (χ3v) is 2.74. The molecule has 1 rings (SSSR count). The molecule has 0 bridgehead atoms. The second kappa shape index (κ2) is 8.17. The van der Waals surface area contributed by atoms with E-state index in [-0.39, 0.29) is 17.4 Å². The molecule has 0 saturated carbocycles. The van der Waals surface area contributed by atoms with E-state index in [2.05, 4.69) is 10.6 Å². The van der Waals surface area contributed by atoms with E-state index < -0.39 is 5.97 Å². The Morgan fingerprint density at radius 1 is 1.00 bits per heavy atom. The van der Waals surface area contributed by atoms with Crippen molar-refractivity contribution in [1.82, 2.24) is 0 Å². The average molecular weight is 306 g/mol. The SMILES string of the molecule is CC(=O)Nc1cc(NC(C)=O)cc(C(=O)OCCC(C)C)c1. The zero-order chi connectivity index (χ0) is 16.7. The summed E-state index contributed by atoms with van der Waals surface area (Å²) >= 11 is 0. The Hall–Kier alpha value is -2.37. The zero-order valence-corrected chi connectivity index (χ0v) is 13.4. The van der Waals surface area contributed by atoms with Gasteiger partial charge in [0.25, 0.3) is 0 Å². The molecule has 120 valence electrons. The molecule has 0 saturated heterocycles. The number of carbonyl (C=O) groups excluding carboxylic acids is 3. The minimum Gasteiger partial charge on any atom is -0.462 e. The van der Waals surface area contributed by atoms with Crippen molar-refractivity contribution in [2.24, 2.45) is 5.92 Å². The predicted octanol–water partition coefficient (Wildman–Crippen LogP) is 2.81. The molecule has 0 atom stereocenters. The first-order valence-electron chi connectivity index (χ1n) is 7.15. The molecular weight excluding hydrogens is 284 g/mol. The molecule has 0 aliphatic rings. The second-order valence-electron chi connectivity index (χ2n) is 5.48. The number of anilines is 2. The molecule has 6 nitrogen and oxygen atoms in total. The van der Waals surface area contributed by atoms with Crippen LogP contribution in [0.4, 0.5) is 11.4 Å². The number of hydrogen-bond acceptors (Lipinski definition) is 4. The van der Waals surface area contributed by atoms with Crippen LogP contribution < -0.4 is 10.6 Å². The Balaban J connectivity index is 2.93. The van der Waals surface area contributed by atoms with Crippen molar-refractivity contribution >= 4 is 29.2 Å². The van der Waals surface area contributed by atoms with Crippen LogP contribution in [0.15, 0.2) is 18.2 Å². The van der Waals surface area contributed by atoms with E-state index in [4.69, 9.17) is 4.74 Å². The highest BCUT2D eigenvalue weighted by Gasteiger charge is 2.12. The van der Waals surface area contributed by atoms with Gasteiger partial charge in [0.15, 0.2) is 0 Å². The Labute approximate surface area is 130 Å². The van der Waals surface area contributed by atoms with Gasteiger partial charge >= 0.3 is 5.97 Å². The van der Waals surface area contributed by atoms with Gasteiger partial charge in [-0.2, -0.15) is 0 Å². The van der Waals surface area contributed by atoms with Gasteiger partial charge in [-0.25, -0.2) is 4.79 Å². The lowest BCUT2D eigenvalue weighted by Gasteiger charge is -2.11. The van der Waals surface area contributed by atoms with Crippen LogP contribution in [0, 0.1) is 5.92 Å². The molecule has 1 aromatic rings. The van der Waals surface area contributed by atoms with Gasteiger partial charge in [-0.1, -0.05) is 13.8 Å². The number of esters is 1. The van der Waals surface area contributed by atoms with Gasteiger partial charge in [0.05, 0.1) is 12.2 Å². The lowest BCUT2D eigenvalue weighted by molar-refractivity contribution is -0.115. The van der Waals surface area contributed by atoms with E-state index in [0.717, 1.165) is 6.42 Å². The standard InChI is InChI=1S/C16H22N2O4/c1-10(2)5-6-22-16(21)13-7-14(17-11(3)19)9-15(8-13)18-12(4)20/h7-10H,5-6H2,1-4H3,(H,17,19)(H,18,20). The number of benzene rings is 1. The summed E-state index contributed by atoms with van der Waals surface area (Å²) in [6.45, 7) is 7.15. The van der Waals surface area contributed by atoms with Crippen molar-refractivity contribution in [3.8, 4) is 0 Å². The molecule has 6 heteroatoms. The van der Waals surface area contributed by atoms with Crippen LogP contribution in [0.5, 0.6) is 0 Å². The number of hydrogen-bond donors (Lipinski definition) is 2. The van der Waals surface area contributed by atoms with Crippen molar-refractivity contribution in [1.29, 1.82) is 0 Å². The molecule has 2 amide bonds. The Morgan fingerprint density at radius 2 is 1.50 bits per heavy atom. The van der Waals surface area contributed by atoms with Gasteiger partial charge < -0.3 is 15.4 Å². The van der Waals surface area contributed by atoms with Crippen LogP contribution >= 0.6 is 0 Å². The maximum Gasteiger partial charge on any atom is 0.338 e. The first-order valence-corrected chi connectivity index (χ1v) is 7.15. The highest BCUT2D eigenvalue weighted by Crippen LogP contribution is 2.20. The smallest absolute Gasteiger partial charge is 0.338 e. The molecular formula is C16H22N2O4. The summed E-state index contributed by atoms with van der Waals surface area (Å²) in [6.07, 6.45) is 0.773. The highest BCUT2D eigenvalue weighted by atomic mass is 16.5. The maximum atomic E-state index is 12.1. The van der Waals surface area contributed by atoms with E-state index in [9.17, 15) is 14.4 Å². The molecule has 0 spiro atoms. The number of nitrogens with one attached hydrogen (secondary N) is 2. The normalized spacial score (nSPS) is 10.2. The van der Waals surface area contributed by atoms with Gasteiger partial charge in [0, 0.05) is 25.2 Å². The Bertz CT molecular complexity index is 533. The van der Waals surface area contributed by atoms with Gasteiger partial charge in [0.1, 0.15) is 0 Å². The van der Waals surface area contributed by atoms with Gasteiger partial charge in [0.2, 0.25) is 11.8 Å². The molecule has 0 fully saturated rings. The summed E-state index contributed by atoms with van der Waals surface area (Å²) < 4.78 is 5.19. The highest BCUT2D eigenvalue weighted by molar-refractivity contribution is 5.97. The van der Waals surface area contributed by atoms with Crippen LogP contribution in [0.3, 0.4) is 0 Å². The Kier molecular flexibility index (Phi) is 6.56. The number of carbonyl (C=O) groups is 3. The lowest BCUT2D eigenvalue weighted by atomic mass is 10.1. The van der Waals surface area contributed by atoms with E-state index in [1.807, 2.05) is 13.8 Å². The van der Waals surface area contributed by atoms with Crippen LogP contribution in [-0.2, 0) is 14.3 Å². The fourth-order valence-corrected chi connectivity index (χ4v) is 1.77. The number of ether oxygens (including phenoxy) is 1. The maximum absolute atomic E-state index is 12.1. The molecule has 0 aromatic heterocycles. The molecule has 1 aromatic carbocycles. The molecule has 0 aliphatic carbocycles. The average Bonchev–Trinajstić information content (AvgIpc) is 2.36. The topological polar surface area (TPSA) is 84.5 Å². The first kappa shape index (κ1) is 17.7. The molecule has 2 N–H and O–H groups in total. The summed E-state index contributed by atoms with van der Waals surface area (Å²) in [5, 5.41) is 5.18. The van der Waals surface area contributed by atoms with Gasteiger partial charge in [-0.15, -0.1) is 0 Å². The van der Waals surface area contributed by atoms with Gasteiger partial charge in [-0.3, -0.25) is 9.59 Å². The summed E-state index contributed by atoms with van der Waals surface area (Å²) in [5.74, 6) is -0.578. The molecule has 0 unspecified atom stereocenters. The van der Waals surface area contributed by atoms with Crippen molar-refractivity contribution < 1.29 is 19.1 Å². The monoisotopic (exact) mass is 306 g/mol. The van der Waals surface area contributed by atoms with Crippen molar-refractivity contribution in [2.75, 3.05) is 17.2 Å². The summed E-state index contributed by atoms with van der Waals surface area (Å²) in [5.41, 5.74) is 1.13. The molecule has 0 heterocycles. The molecule has 0 radical (unpaired) electrons. The van der Waals surface area contributed by atoms with Crippen molar-refractivity contribution in [3.05, 3.63) is 23.8 Å². The minimum absolute atomic E-state index is 0.265. The first-order chi connectivity index (χ1) is 10.3. The summed E-state index contributed by atoms with van der Waals surface area (Å²) in [6, 6.07) is 4.61. The summed E-state index contributed by atoms with van der Waals surface area (Å²) in [7, 11) is 0. The fraction of sp³-hybridized carbons (Fsp3) is 0.438. The third kappa shape index (κ3) is 6.39. The van der Waals surface area contributed by atoms with Gasteiger partial charge in [-0.05, 0) is 30.5 Å².